The lowest BCUT2D eigenvalue weighted by Crippen LogP contribution is -2.16. The van der Waals surface area contributed by atoms with Crippen LogP contribution in [0.4, 0.5) is 11.4 Å². The highest BCUT2D eigenvalue weighted by atomic mass is 32.2. The molecule has 160 valence electrons. The lowest BCUT2D eigenvalue weighted by atomic mass is 10.2. The van der Waals surface area contributed by atoms with Crippen molar-refractivity contribution in [1.29, 1.82) is 5.26 Å². The molecule has 0 saturated carbocycles. The van der Waals surface area contributed by atoms with E-state index in [9.17, 15) is 16.8 Å². The van der Waals surface area contributed by atoms with Crippen molar-refractivity contribution in [3.05, 3.63) is 77.9 Å². The molecule has 0 saturated heterocycles. The van der Waals surface area contributed by atoms with Gasteiger partial charge in [0.05, 0.1) is 34.2 Å². The number of aryl methyl sites for hydroxylation is 1. The fourth-order valence-corrected chi connectivity index (χ4v) is 4.94. The molecule has 0 aliphatic heterocycles. The summed E-state index contributed by atoms with van der Waals surface area (Å²) in [5, 5.41) is 8.99. The minimum Gasteiger partial charge on any atom is -0.497 e. The van der Waals surface area contributed by atoms with E-state index in [1.807, 2.05) is 6.07 Å². The molecule has 0 spiro atoms. The molecule has 0 fully saturated rings. The number of sulfonamides is 2. The van der Waals surface area contributed by atoms with Crippen LogP contribution in [0.15, 0.2) is 76.5 Å². The SMILES string of the molecule is COc1ccc(NS(=O)(=O)c2ccc(C)c(NS(=O)(=O)c3cccc(C#N)c3)c2)cc1. The van der Waals surface area contributed by atoms with Crippen molar-refractivity contribution in [2.45, 2.75) is 16.7 Å². The first kappa shape index (κ1) is 22.1. The van der Waals surface area contributed by atoms with E-state index in [-0.39, 0.29) is 21.0 Å². The summed E-state index contributed by atoms with van der Waals surface area (Å²) in [6, 6.07) is 17.9. The van der Waals surface area contributed by atoms with E-state index in [2.05, 4.69) is 9.44 Å². The molecule has 0 heterocycles. The molecule has 10 heteroatoms. The van der Waals surface area contributed by atoms with Crippen molar-refractivity contribution in [3.63, 3.8) is 0 Å². The maximum Gasteiger partial charge on any atom is 0.261 e. The summed E-state index contributed by atoms with van der Waals surface area (Å²) in [5.41, 5.74) is 1.17. The van der Waals surface area contributed by atoms with Gasteiger partial charge in [-0.3, -0.25) is 9.44 Å². The summed E-state index contributed by atoms with van der Waals surface area (Å²) >= 11 is 0. The van der Waals surface area contributed by atoms with Crippen molar-refractivity contribution in [2.75, 3.05) is 16.6 Å². The molecule has 2 N–H and O–H groups in total. The highest BCUT2D eigenvalue weighted by Gasteiger charge is 2.20. The Morgan fingerprint density at radius 3 is 2.13 bits per heavy atom. The van der Waals surface area contributed by atoms with Gasteiger partial charge in [0.15, 0.2) is 0 Å². The van der Waals surface area contributed by atoms with Gasteiger partial charge in [-0.15, -0.1) is 0 Å². The van der Waals surface area contributed by atoms with Crippen LogP contribution in [-0.2, 0) is 20.0 Å². The van der Waals surface area contributed by atoms with Gasteiger partial charge in [-0.25, -0.2) is 16.8 Å². The molecule has 3 aromatic rings. The van der Waals surface area contributed by atoms with E-state index >= 15 is 0 Å². The number of methoxy groups -OCH3 is 1. The average molecular weight is 458 g/mol. The lowest BCUT2D eigenvalue weighted by Gasteiger charge is -2.14. The van der Waals surface area contributed by atoms with Gasteiger partial charge in [-0.2, -0.15) is 5.26 Å². The number of hydrogen-bond donors (Lipinski definition) is 2. The van der Waals surface area contributed by atoms with Crippen LogP contribution < -0.4 is 14.2 Å². The standard InChI is InChI=1S/C21H19N3O5S2/c1-15-6-11-20(30(25,26)23-17-7-9-18(29-2)10-8-17)13-21(15)24-31(27,28)19-5-3-4-16(12-19)14-22/h3-13,23-24H,1-2H3. The van der Waals surface area contributed by atoms with Crippen LogP contribution in [0.5, 0.6) is 5.75 Å². The summed E-state index contributed by atoms with van der Waals surface area (Å²) in [6.07, 6.45) is 0. The largest absolute Gasteiger partial charge is 0.497 e. The number of ether oxygens (including phenoxy) is 1. The molecule has 0 unspecified atom stereocenters. The Morgan fingerprint density at radius 1 is 0.839 bits per heavy atom. The second-order valence-corrected chi connectivity index (χ2v) is 9.92. The molecule has 3 rings (SSSR count). The average Bonchev–Trinajstić information content (AvgIpc) is 2.75. The quantitative estimate of drug-likeness (QED) is 0.560. The molecule has 0 aliphatic carbocycles. The smallest absolute Gasteiger partial charge is 0.261 e. The number of rotatable bonds is 7. The highest BCUT2D eigenvalue weighted by molar-refractivity contribution is 7.93. The number of benzene rings is 3. The zero-order valence-electron chi connectivity index (χ0n) is 16.7. The van der Waals surface area contributed by atoms with Gasteiger partial charge < -0.3 is 4.74 Å². The maximum atomic E-state index is 12.8. The van der Waals surface area contributed by atoms with Crippen LogP contribution in [0.1, 0.15) is 11.1 Å². The summed E-state index contributed by atoms with van der Waals surface area (Å²) in [7, 11) is -6.49. The van der Waals surface area contributed by atoms with Crippen LogP contribution in [0.2, 0.25) is 0 Å². The van der Waals surface area contributed by atoms with Crippen LogP contribution in [-0.4, -0.2) is 23.9 Å². The van der Waals surface area contributed by atoms with E-state index in [0.29, 0.717) is 17.0 Å². The first-order valence-electron chi connectivity index (χ1n) is 8.95. The van der Waals surface area contributed by atoms with Gasteiger partial charge in [0, 0.05) is 5.69 Å². The van der Waals surface area contributed by atoms with Crippen LogP contribution in [0.25, 0.3) is 0 Å². The monoisotopic (exact) mass is 457 g/mol. The summed E-state index contributed by atoms with van der Waals surface area (Å²) in [4.78, 5) is -0.215. The number of anilines is 2. The van der Waals surface area contributed by atoms with Gasteiger partial charge in [-0.1, -0.05) is 12.1 Å². The van der Waals surface area contributed by atoms with Crippen LogP contribution in [0, 0.1) is 18.3 Å². The zero-order valence-corrected chi connectivity index (χ0v) is 18.3. The van der Waals surface area contributed by atoms with Crippen molar-refractivity contribution in [1.82, 2.24) is 0 Å². The Bertz CT molecular complexity index is 1360. The topological polar surface area (TPSA) is 125 Å². The van der Waals surface area contributed by atoms with Crippen molar-refractivity contribution in [2.24, 2.45) is 0 Å². The minimum atomic E-state index is -4.03. The molecule has 0 bridgehead atoms. The van der Waals surface area contributed by atoms with Gasteiger partial charge in [0.25, 0.3) is 20.0 Å². The molecule has 8 nitrogen and oxygen atoms in total. The fourth-order valence-electron chi connectivity index (χ4n) is 2.69. The minimum absolute atomic E-state index is 0.101. The van der Waals surface area contributed by atoms with E-state index in [1.165, 1.54) is 49.6 Å². The first-order chi connectivity index (χ1) is 14.6. The number of hydrogen-bond acceptors (Lipinski definition) is 6. The maximum absolute atomic E-state index is 12.8. The third kappa shape index (κ3) is 5.14. The van der Waals surface area contributed by atoms with Crippen molar-refractivity contribution >= 4 is 31.4 Å². The van der Waals surface area contributed by atoms with E-state index < -0.39 is 20.0 Å². The molecule has 0 aliphatic rings. The van der Waals surface area contributed by atoms with Gasteiger partial charge in [0.2, 0.25) is 0 Å². The first-order valence-corrected chi connectivity index (χ1v) is 11.9. The molecule has 3 aromatic carbocycles. The van der Waals surface area contributed by atoms with Crippen molar-refractivity contribution in [3.8, 4) is 11.8 Å². The summed E-state index contributed by atoms with van der Waals surface area (Å²) in [5.74, 6) is 0.579. The van der Waals surface area contributed by atoms with Crippen LogP contribution >= 0.6 is 0 Å². The van der Waals surface area contributed by atoms with E-state index in [1.54, 1.807) is 31.2 Å². The molecular formula is C21H19N3O5S2. The Labute approximate surface area is 181 Å². The molecule has 0 amide bonds. The van der Waals surface area contributed by atoms with E-state index in [4.69, 9.17) is 10.00 Å². The summed E-state index contributed by atoms with van der Waals surface area (Å²) in [6.45, 7) is 1.65. The second-order valence-electron chi connectivity index (χ2n) is 6.56. The third-order valence-electron chi connectivity index (χ3n) is 4.38. The Hall–Kier alpha value is -3.55. The Morgan fingerprint density at radius 2 is 1.48 bits per heavy atom. The molecule has 0 atom stereocenters. The van der Waals surface area contributed by atoms with Crippen molar-refractivity contribution < 1.29 is 21.6 Å². The van der Waals surface area contributed by atoms with Gasteiger partial charge in [-0.05, 0) is 67.1 Å². The number of nitrogens with zero attached hydrogens (tertiary/aromatic N) is 1. The Kier molecular flexibility index (Phi) is 6.19. The molecular weight excluding hydrogens is 438 g/mol. The normalized spacial score (nSPS) is 11.4. The molecule has 0 aromatic heterocycles. The highest BCUT2D eigenvalue weighted by Crippen LogP contribution is 2.25. The lowest BCUT2D eigenvalue weighted by molar-refractivity contribution is 0.415. The van der Waals surface area contributed by atoms with Gasteiger partial charge in [0.1, 0.15) is 5.75 Å². The van der Waals surface area contributed by atoms with E-state index in [0.717, 1.165) is 0 Å². The molecule has 0 radical (unpaired) electrons. The Balaban J connectivity index is 1.91. The third-order valence-corrected chi connectivity index (χ3v) is 7.12. The zero-order chi connectivity index (χ0) is 22.6. The number of nitriles is 1. The fraction of sp³-hybridized carbons (Fsp3) is 0.0952. The predicted octanol–water partition coefficient (Wildman–Crippen LogP) is 3.48. The second kappa shape index (κ2) is 8.67. The molecule has 31 heavy (non-hydrogen) atoms. The number of nitrogens with one attached hydrogen (secondary N) is 2. The summed E-state index contributed by atoms with van der Waals surface area (Å²) < 4.78 is 60.9. The van der Waals surface area contributed by atoms with Gasteiger partial charge >= 0.3 is 0 Å². The van der Waals surface area contributed by atoms with Crippen LogP contribution in [0.3, 0.4) is 0 Å². The predicted molar refractivity (Wildman–Crippen MR) is 117 cm³/mol.